The van der Waals surface area contributed by atoms with Crippen molar-refractivity contribution in [3.8, 4) is 36.0 Å². The van der Waals surface area contributed by atoms with Crippen LogP contribution in [0.5, 0.6) is 0 Å². The van der Waals surface area contributed by atoms with Crippen molar-refractivity contribution in [2.75, 3.05) is 0 Å². The first kappa shape index (κ1) is 28.9. The van der Waals surface area contributed by atoms with Gasteiger partial charge in [0.15, 0.2) is 0 Å². The molecule has 0 fully saturated rings. The summed E-state index contributed by atoms with van der Waals surface area (Å²) in [4.78, 5) is 0. The smallest absolute Gasteiger partial charge is 0.0892 e. The van der Waals surface area contributed by atoms with Crippen molar-refractivity contribution in [3.05, 3.63) is 69.6 Å². The third kappa shape index (κ3) is 11.9. The molecule has 0 bridgehead atoms. The number of hydrogen-bond donors (Lipinski definition) is 1. The van der Waals surface area contributed by atoms with Crippen LogP contribution in [0.2, 0.25) is 0 Å². The zero-order valence-electron chi connectivity index (χ0n) is 21.3. The molecular formula is C31H40O. The van der Waals surface area contributed by atoms with Gasteiger partial charge in [0.05, 0.1) is 5.76 Å². The first-order valence-electron chi connectivity index (χ1n) is 11.5. The fourth-order valence-corrected chi connectivity index (χ4v) is 2.97. The molecule has 0 unspecified atom stereocenters. The Hall–Kier alpha value is -3.08. The molecule has 0 aromatic heterocycles. The van der Waals surface area contributed by atoms with Crippen LogP contribution in [-0.4, -0.2) is 5.11 Å². The number of hydrogen-bond acceptors (Lipinski definition) is 1. The molecule has 0 aromatic carbocycles. The third-order valence-corrected chi connectivity index (χ3v) is 4.67. The van der Waals surface area contributed by atoms with Crippen LogP contribution in [0.4, 0.5) is 0 Å². The molecule has 0 aliphatic heterocycles. The van der Waals surface area contributed by atoms with Gasteiger partial charge in [-0.25, -0.2) is 0 Å². The average molecular weight is 429 g/mol. The molecule has 0 saturated heterocycles. The van der Waals surface area contributed by atoms with Crippen molar-refractivity contribution in [3.63, 3.8) is 0 Å². The topological polar surface area (TPSA) is 20.2 Å². The van der Waals surface area contributed by atoms with E-state index in [0.717, 1.165) is 31.3 Å². The second kappa shape index (κ2) is 16.6. The Morgan fingerprint density at radius 2 is 1.56 bits per heavy atom. The SMILES string of the molecule is C#CC.CC.CC1=CC=C(C#CC2=CC(C(C)C)=C(C#C/C(C)=C/C=C(\C)O)CC2)CC1. The summed E-state index contributed by atoms with van der Waals surface area (Å²) in [7, 11) is 0. The van der Waals surface area contributed by atoms with E-state index < -0.39 is 0 Å². The average Bonchev–Trinajstić information content (AvgIpc) is 2.78. The predicted octanol–water partition coefficient (Wildman–Crippen LogP) is 8.41. The standard InChI is InChI=1S/C26H30O.C3H4.C2H6/c1-19(2)26-18-24(14-13-23-11-7-21(4)8-12-23)15-17-25(26)16-9-20(3)6-10-22(5)27;1-3-2;1-2/h6-7,10-11,18-19,27H,8,12,15,17H2,1-5H3;1H,2H3;1-2H3/b20-6+,22-10+;;. The summed E-state index contributed by atoms with van der Waals surface area (Å²) in [5.41, 5.74) is 7.33. The maximum atomic E-state index is 9.25. The number of aliphatic hydroxyl groups excluding tert-OH is 1. The van der Waals surface area contributed by atoms with Crippen LogP contribution in [0.25, 0.3) is 0 Å². The third-order valence-electron chi connectivity index (χ3n) is 4.67. The summed E-state index contributed by atoms with van der Waals surface area (Å²) in [6.45, 7) is 15.9. The molecule has 1 heteroatoms. The first-order valence-corrected chi connectivity index (χ1v) is 11.5. The molecule has 0 radical (unpaired) electrons. The quantitative estimate of drug-likeness (QED) is 0.266. The van der Waals surface area contributed by atoms with E-state index in [4.69, 9.17) is 0 Å². The molecule has 1 N–H and O–H groups in total. The molecule has 170 valence electrons. The molecule has 1 nitrogen and oxygen atoms in total. The lowest BCUT2D eigenvalue weighted by atomic mass is 9.86. The van der Waals surface area contributed by atoms with Crippen LogP contribution in [-0.2, 0) is 0 Å². The number of terminal acetylenes is 1. The molecule has 2 aliphatic rings. The van der Waals surface area contributed by atoms with Gasteiger partial charge in [0.2, 0.25) is 0 Å². The molecule has 0 atom stereocenters. The van der Waals surface area contributed by atoms with Crippen LogP contribution < -0.4 is 0 Å². The summed E-state index contributed by atoms with van der Waals surface area (Å²) >= 11 is 0. The van der Waals surface area contributed by atoms with E-state index in [9.17, 15) is 5.11 Å². The Morgan fingerprint density at radius 1 is 0.969 bits per heavy atom. The van der Waals surface area contributed by atoms with Crippen LogP contribution >= 0.6 is 0 Å². The second-order valence-electron chi connectivity index (χ2n) is 7.91. The maximum Gasteiger partial charge on any atom is 0.0892 e. The Kier molecular flexibility index (Phi) is 15.0. The van der Waals surface area contributed by atoms with Crippen molar-refractivity contribution in [1.29, 1.82) is 0 Å². The minimum atomic E-state index is 0.292. The summed E-state index contributed by atoms with van der Waals surface area (Å²) in [6.07, 6.45) is 18.8. The molecule has 0 saturated carbocycles. The lowest BCUT2D eigenvalue weighted by molar-refractivity contribution is 0.414. The minimum absolute atomic E-state index is 0.292. The van der Waals surface area contributed by atoms with Gasteiger partial charge in [0.25, 0.3) is 0 Å². The Labute approximate surface area is 197 Å². The monoisotopic (exact) mass is 428 g/mol. The molecular weight excluding hydrogens is 388 g/mol. The van der Waals surface area contributed by atoms with Crippen LogP contribution in [0.15, 0.2) is 69.6 Å². The molecule has 0 amide bonds. The molecule has 0 aromatic rings. The molecule has 0 spiro atoms. The van der Waals surface area contributed by atoms with E-state index in [1.807, 2.05) is 26.8 Å². The minimum Gasteiger partial charge on any atom is -0.513 e. The summed E-state index contributed by atoms with van der Waals surface area (Å²) in [5, 5.41) is 9.25. The van der Waals surface area contributed by atoms with Gasteiger partial charge < -0.3 is 5.11 Å². The number of allylic oxidation sites excluding steroid dienone is 12. The second-order valence-corrected chi connectivity index (χ2v) is 7.91. The Bertz CT molecular complexity index is 967. The van der Waals surface area contributed by atoms with Crippen molar-refractivity contribution in [1.82, 2.24) is 0 Å². The van der Waals surface area contributed by atoms with E-state index in [-0.39, 0.29) is 0 Å². The highest BCUT2D eigenvalue weighted by molar-refractivity contribution is 5.52. The van der Waals surface area contributed by atoms with Crippen molar-refractivity contribution < 1.29 is 5.11 Å². The Morgan fingerprint density at radius 3 is 2.09 bits per heavy atom. The molecule has 0 heterocycles. The van der Waals surface area contributed by atoms with E-state index in [2.05, 4.69) is 75.0 Å². The van der Waals surface area contributed by atoms with E-state index in [1.54, 1.807) is 19.9 Å². The van der Waals surface area contributed by atoms with E-state index in [0.29, 0.717) is 11.7 Å². The van der Waals surface area contributed by atoms with Gasteiger partial charge in [-0.3, -0.25) is 0 Å². The van der Waals surface area contributed by atoms with Crippen molar-refractivity contribution >= 4 is 0 Å². The summed E-state index contributed by atoms with van der Waals surface area (Å²) in [5.74, 6) is 16.3. The number of rotatable bonds is 2. The van der Waals surface area contributed by atoms with Crippen molar-refractivity contribution in [2.45, 2.75) is 81.1 Å². The van der Waals surface area contributed by atoms with Gasteiger partial charge in [0, 0.05) is 16.7 Å². The lowest BCUT2D eigenvalue weighted by Gasteiger charge is -2.17. The first-order chi connectivity index (χ1) is 15.3. The van der Waals surface area contributed by atoms with Gasteiger partial charge in [0.1, 0.15) is 0 Å². The summed E-state index contributed by atoms with van der Waals surface area (Å²) < 4.78 is 0. The van der Waals surface area contributed by atoms with Crippen LogP contribution in [0, 0.1) is 41.9 Å². The van der Waals surface area contributed by atoms with Gasteiger partial charge in [-0.05, 0) is 88.7 Å². The van der Waals surface area contributed by atoms with Gasteiger partial charge >= 0.3 is 0 Å². The Balaban J connectivity index is 0.00000177. The van der Waals surface area contributed by atoms with Gasteiger partial charge in [-0.15, -0.1) is 12.3 Å². The molecule has 32 heavy (non-hydrogen) atoms. The molecule has 2 aliphatic carbocycles. The largest absolute Gasteiger partial charge is 0.513 e. The number of aliphatic hydroxyl groups is 1. The summed E-state index contributed by atoms with van der Waals surface area (Å²) in [6, 6.07) is 0. The van der Waals surface area contributed by atoms with Gasteiger partial charge in [-0.1, -0.05) is 69.1 Å². The molecule has 2 rings (SSSR count). The van der Waals surface area contributed by atoms with E-state index in [1.165, 1.54) is 27.9 Å². The lowest BCUT2D eigenvalue weighted by Crippen LogP contribution is -2.03. The fraction of sp³-hybridized carbons (Fsp3) is 0.419. The van der Waals surface area contributed by atoms with Crippen molar-refractivity contribution in [2.24, 2.45) is 5.92 Å². The normalized spacial score (nSPS) is 15.7. The highest BCUT2D eigenvalue weighted by atomic mass is 16.3. The highest BCUT2D eigenvalue weighted by Gasteiger charge is 2.14. The zero-order chi connectivity index (χ0) is 24.5. The van der Waals surface area contributed by atoms with E-state index >= 15 is 0 Å². The van der Waals surface area contributed by atoms with Gasteiger partial charge in [-0.2, -0.15) is 0 Å². The maximum absolute atomic E-state index is 9.25. The zero-order valence-corrected chi connectivity index (χ0v) is 21.3. The van der Waals surface area contributed by atoms with Crippen LogP contribution in [0.3, 0.4) is 0 Å². The highest BCUT2D eigenvalue weighted by Crippen LogP contribution is 2.28. The predicted molar refractivity (Wildman–Crippen MR) is 142 cm³/mol. The van der Waals surface area contributed by atoms with Crippen LogP contribution in [0.1, 0.15) is 81.1 Å². The fourth-order valence-electron chi connectivity index (χ4n) is 2.97.